The molecule has 0 saturated carbocycles. The lowest BCUT2D eigenvalue weighted by molar-refractivity contribution is -0.116. The summed E-state index contributed by atoms with van der Waals surface area (Å²) in [6, 6.07) is 12.7. The molecular formula is C19H15ClN4O2. The zero-order valence-corrected chi connectivity index (χ0v) is 14.7. The maximum atomic E-state index is 12.6. The zero-order chi connectivity index (χ0) is 18.3. The normalized spacial score (nSPS) is 11.2. The second kappa shape index (κ2) is 6.31. The van der Waals surface area contributed by atoms with Crippen LogP contribution in [-0.4, -0.2) is 20.7 Å². The molecule has 2 heterocycles. The Labute approximate surface area is 153 Å². The number of aromatic amines is 1. The highest BCUT2D eigenvalue weighted by Gasteiger charge is 2.13. The predicted molar refractivity (Wildman–Crippen MR) is 103 cm³/mol. The molecule has 1 amide bonds. The van der Waals surface area contributed by atoms with Gasteiger partial charge in [0.25, 0.3) is 5.56 Å². The van der Waals surface area contributed by atoms with Gasteiger partial charge in [0, 0.05) is 22.3 Å². The summed E-state index contributed by atoms with van der Waals surface area (Å²) in [7, 11) is 0. The highest BCUT2D eigenvalue weighted by molar-refractivity contribution is 6.31. The number of nitrogens with zero attached hydrogens (tertiary/aromatic N) is 2. The molecule has 0 saturated heterocycles. The molecule has 0 aliphatic rings. The highest BCUT2D eigenvalue weighted by atomic mass is 35.5. The van der Waals surface area contributed by atoms with Crippen LogP contribution in [0, 0.1) is 6.92 Å². The van der Waals surface area contributed by atoms with E-state index in [1.807, 2.05) is 31.2 Å². The number of carbonyl (C=O) groups excluding carboxylic acids is 1. The third-order valence-electron chi connectivity index (χ3n) is 4.19. The van der Waals surface area contributed by atoms with Crippen molar-refractivity contribution in [2.45, 2.75) is 13.5 Å². The minimum absolute atomic E-state index is 0.122. The summed E-state index contributed by atoms with van der Waals surface area (Å²) in [6.45, 7) is 1.85. The minimum Gasteiger partial charge on any atom is -0.324 e. The molecule has 26 heavy (non-hydrogen) atoms. The fourth-order valence-electron chi connectivity index (χ4n) is 2.87. The number of amides is 1. The molecule has 0 bridgehead atoms. The standard InChI is InChI=1S/C19H15ClN4O2/c1-11-2-5-13(6-3-11)22-17(25)10-24-19(26)15-9-21-16-7-4-12(20)8-14(16)18(15)23-24/h2-9,23H,10H2,1H3,(H,22,25). The zero-order valence-electron chi connectivity index (χ0n) is 13.9. The van der Waals surface area contributed by atoms with Crippen molar-refractivity contribution >= 4 is 45.0 Å². The van der Waals surface area contributed by atoms with Gasteiger partial charge in [-0.3, -0.25) is 19.7 Å². The number of aromatic nitrogens is 3. The van der Waals surface area contributed by atoms with Gasteiger partial charge in [0.2, 0.25) is 5.91 Å². The molecule has 2 N–H and O–H groups in total. The Hall–Kier alpha value is -3.12. The Morgan fingerprint density at radius 3 is 2.73 bits per heavy atom. The molecule has 4 rings (SSSR count). The predicted octanol–water partition coefficient (Wildman–Crippen LogP) is 3.48. The van der Waals surface area contributed by atoms with Gasteiger partial charge in [0.05, 0.1) is 16.4 Å². The number of aryl methyl sites for hydroxylation is 1. The molecule has 0 atom stereocenters. The lowest BCUT2D eigenvalue weighted by atomic mass is 10.2. The van der Waals surface area contributed by atoms with Crippen LogP contribution in [-0.2, 0) is 11.3 Å². The number of fused-ring (bicyclic) bond motifs is 3. The van der Waals surface area contributed by atoms with Gasteiger partial charge in [-0.1, -0.05) is 29.3 Å². The number of halogens is 1. The number of carbonyl (C=O) groups is 1. The van der Waals surface area contributed by atoms with Crippen molar-refractivity contribution in [3.05, 3.63) is 69.6 Å². The van der Waals surface area contributed by atoms with Crippen molar-refractivity contribution in [3.8, 4) is 0 Å². The Morgan fingerprint density at radius 2 is 1.96 bits per heavy atom. The van der Waals surface area contributed by atoms with Crippen molar-refractivity contribution < 1.29 is 4.79 Å². The van der Waals surface area contributed by atoms with Crippen LogP contribution in [0.5, 0.6) is 0 Å². The summed E-state index contributed by atoms with van der Waals surface area (Å²) >= 11 is 6.06. The summed E-state index contributed by atoms with van der Waals surface area (Å²) in [6.07, 6.45) is 1.51. The molecule has 0 fully saturated rings. The average molecular weight is 367 g/mol. The lowest BCUT2D eigenvalue weighted by Gasteiger charge is -2.05. The first-order valence-corrected chi connectivity index (χ1v) is 8.42. The van der Waals surface area contributed by atoms with Gasteiger partial charge in [-0.25, -0.2) is 4.68 Å². The van der Waals surface area contributed by atoms with Crippen LogP contribution in [0.2, 0.25) is 5.02 Å². The van der Waals surface area contributed by atoms with Crippen molar-refractivity contribution in [1.82, 2.24) is 14.8 Å². The van der Waals surface area contributed by atoms with Crippen LogP contribution in [0.1, 0.15) is 5.56 Å². The van der Waals surface area contributed by atoms with E-state index < -0.39 is 0 Å². The third-order valence-corrected chi connectivity index (χ3v) is 4.42. The van der Waals surface area contributed by atoms with Gasteiger partial charge < -0.3 is 5.32 Å². The maximum Gasteiger partial charge on any atom is 0.276 e. The van der Waals surface area contributed by atoms with Crippen LogP contribution < -0.4 is 10.9 Å². The molecule has 0 aliphatic heterocycles. The largest absolute Gasteiger partial charge is 0.324 e. The quantitative estimate of drug-likeness (QED) is 0.582. The number of benzene rings is 2. The lowest BCUT2D eigenvalue weighted by Crippen LogP contribution is -2.26. The van der Waals surface area contributed by atoms with Gasteiger partial charge in [-0.05, 0) is 37.3 Å². The SMILES string of the molecule is Cc1ccc(NC(=O)Cn2[nH]c3c(cnc4ccc(Cl)cc43)c2=O)cc1. The van der Waals surface area contributed by atoms with E-state index in [-0.39, 0.29) is 18.0 Å². The van der Waals surface area contributed by atoms with Gasteiger partial charge >= 0.3 is 0 Å². The first kappa shape index (κ1) is 16.4. The first-order valence-electron chi connectivity index (χ1n) is 8.04. The van der Waals surface area contributed by atoms with E-state index in [9.17, 15) is 9.59 Å². The molecule has 7 heteroatoms. The number of H-pyrrole nitrogens is 1. The summed E-state index contributed by atoms with van der Waals surface area (Å²) in [5.41, 5.74) is 2.83. The fraction of sp³-hybridized carbons (Fsp3) is 0.105. The summed E-state index contributed by atoms with van der Waals surface area (Å²) in [4.78, 5) is 29.1. The summed E-state index contributed by atoms with van der Waals surface area (Å²) in [5, 5.41) is 7.50. The molecule has 130 valence electrons. The minimum atomic E-state index is -0.298. The number of rotatable bonds is 3. The van der Waals surface area contributed by atoms with E-state index in [1.54, 1.807) is 18.2 Å². The van der Waals surface area contributed by atoms with Crippen LogP contribution in [0.3, 0.4) is 0 Å². The van der Waals surface area contributed by atoms with E-state index >= 15 is 0 Å². The van der Waals surface area contributed by atoms with Gasteiger partial charge in [-0.15, -0.1) is 0 Å². The molecule has 0 spiro atoms. The van der Waals surface area contributed by atoms with Crippen LogP contribution in [0.15, 0.2) is 53.5 Å². The number of pyridine rings is 1. The molecule has 4 aromatic rings. The Morgan fingerprint density at radius 1 is 1.19 bits per heavy atom. The fourth-order valence-corrected chi connectivity index (χ4v) is 3.04. The van der Waals surface area contributed by atoms with E-state index in [2.05, 4.69) is 15.4 Å². The average Bonchev–Trinajstić information content (AvgIpc) is 2.93. The van der Waals surface area contributed by atoms with Gasteiger partial charge in [0.1, 0.15) is 6.54 Å². The number of hydrogen-bond donors (Lipinski definition) is 2. The monoisotopic (exact) mass is 366 g/mol. The first-order chi connectivity index (χ1) is 12.5. The van der Waals surface area contributed by atoms with Crippen LogP contribution >= 0.6 is 11.6 Å². The van der Waals surface area contributed by atoms with Crippen molar-refractivity contribution in [1.29, 1.82) is 0 Å². The third kappa shape index (κ3) is 2.95. The van der Waals surface area contributed by atoms with Crippen molar-refractivity contribution in [3.63, 3.8) is 0 Å². The van der Waals surface area contributed by atoms with E-state index in [1.165, 1.54) is 10.9 Å². The molecule has 2 aromatic heterocycles. The molecular weight excluding hydrogens is 352 g/mol. The van der Waals surface area contributed by atoms with Gasteiger partial charge in [0.15, 0.2) is 0 Å². The maximum absolute atomic E-state index is 12.6. The van der Waals surface area contributed by atoms with Crippen molar-refractivity contribution in [2.24, 2.45) is 0 Å². The number of anilines is 1. The van der Waals surface area contributed by atoms with Crippen molar-refractivity contribution in [2.75, 3.05) is 5.32 Å². The topological polar surface area (TPSA) is 79.8 Å². The summed E-state index contributed by atoms with van der Waals surface area (Å²) < 4.78 is 1.27. The molecule has 0 radical (unpaired) electrons. The second-order valence-corrected chi connectivity index (χ2v) is 6.56. The number of hydrogen-bond acceptors (Lipinski definition) is 3. The molecule has 0 aliphatic carbocycles. The van der Waals surface area contributed by atoms with E-state index in [0.717, 1.165) is 16.5 Å². The van der Waals surface area contributed by atoms with E-state index in [4.69, 9.17) is 11.6 Å². The van der Waals surface area contributed by atoms with Gasteiger partial charge in [-0.2, -0.15) is 0 Å². The Balaban J connectivity index is 1.68. The van der Waals surface area contributed by atoms with Crippen LogP contribution in [0.4, 0.5) is 5.69 Å². The van der Waals surface area contributed by atoms with Crippen LogP contribution in [0.25, 0.3) is 21.8 Å². The molecule has 6 nitrogen and oxygen atoms in total. The Kier molecular flexibility index (Phi) is 3.97. The Bertz CT molecular complexity index is 1190. The highest BCUT2D eigenvalue weighted by Crippen LogP contribution is 2.23. The smallest absolute Gasteiger partial charge is 0.276 e. The second-order valence-electron chi connectivity index (χ2n) is 6.13. The van der Waals surface area contributed by atoms with E-state index in [0.29, 0.717) is 21.6 Å². The molecule has 0 unspecified atom stereocenters. The summed E-state index contributed by atoms with van der Waals surface area (Å²) in [5.74, 6) is -0.294. The molecule has 2 aromatic carbocycles. The number of nitrogens with one attached hydrogen (secondary N) is 2.